The van der Waals surface area contributed by atoms with Crippen molar-refractivity contribution in [3.63, 3.8) is 0 Å². The van der Waals surface area contributed by atoms with Gasteiger partial charge in [0.2, 0.25) is 0 Å². The lowest BCUT2D eigenvalue weighted by Gasteiger charge is -2.38. The monoisotopic (exact) mass is 587 g/mol. The highest BCUT2D eigenvalue weighted by atomic mass is 16.3. The van der Waals surface area contributed by atoms with Crippen molar-refractivity contribution in [1.29, 1.82) is 0 Å². The van der Waals surface area contributed by atoms with Crippen LogP contribution < -0.4 is 25.8 Å². The molecule has 4 amide bonds. The Morgan fingerprint density at radius 1 is 0.977 bits per heavy atom. The number of carbonyl (C=O) groups excluding carboxylic acids is 3. The predicted octanol–water partition coefficient (Wildman–Crippen LogP) is 4.22. The molecule has 11 nitrogen and oxygen atoms in total. The number of aromatic nitrogens is 1. The highest BCUT2D eigenvalue weighted by Crippen LogP contribution is 2.39. The second-order valence-electron chi connectivity index (χ2n) is 11.2. The van der Waals surface area contributed by atoms with Crippen LogP contribution in [-0.2, 0) is 0 Å². The van der Waals surface area contributed by atoms with Crippen LogP contribution in [0.3, 0.4) is 0 Å². The average molecular weight is 588 g/mol. The minimum absolute atomic E-state index is 0.138. The van der Waals surface area contributed by atoms with Crippen LogP contribution in [0.5, 0.6) is 0 Å². The smallest absolute Gasteiger partial charge is 0.317 e. The summed E-state index contributed by atoms with van der Waals surface area (Å²) in [4.78, 5) is 48.8. The Balaban J connectivity index is 1.27. The highest BCUT2D eigenvalue weighted by Gasteiger charge is 2.30. The van der Waals surface area contributed by atoms with Gasteiger partial charge in [0.15, 0.2) is 11.6 Å². The maximum Gasteiger partial charge on any atom is 0.317 e. The van der Waals surface area contributed by atoms with E-state index in [0.29, 0.717) is 49.1 Å². The van der Waals surface area contributed by atoms with Crippen LogP contribution in [0, 0.1) is 6.92 Å². The first kappa shape index (κ1) is 29.9. The van der Waals surface area contributed by atoms with Crippen LogP contribution in [0.15, 0.2) is 53.1 Å². The Hall–Kier alpha value is -4.54. The van der Waals surface area contributed by atoms with Gasteiger partial charge in [-0.3, -0.25) is 9.59 Å². The van der Waals surface area contributed by atoms with E-state index in [1.165, 1.54) is 17.5 Å². The molecule has 2 heterocycles. The minimum atomic E-state index is -0.374. The Morgan fingerprint density at radius 2 is 1.70 bits per heavy atom. The molecule has 1 aliphatic carbocycles. The molecular formula is C32H41N7O4. The number of para-hydroxylation sites is 1. The summed E-state index contributed by atoms with van der Waals surface area (Å²) in [5.74, 6) is 0.282. The Labute approximate surface area is 252 Å². The molecular weight excluding hydrogens is 546 g/mol. The van der Waals surface area contributed by atoms with Crippen LogP contribution in [0.4, 0.5) is 21.9 Å². The first-order chi connectivity index (χ1) is 20.8. The third-order valence-electron chi connectivity index (χ3n) is 7.90. The maximum atomic E-state index is 13.2. The number of benzene rings is 2. The molecule has 3 aromatic rings. The summed E-state index contributed by atoms with van der Waals surface area (Å²) in [6.07, 6.45) is 4.07. The first-order valence-electron chi connectivity index (χ1n) is 15.1. The standard InChI is InChI=1S/C32H41N7O4/c1-4-33-32(42)37(3)15-7-14-34-29(40)24-12-13-28(39-18-16-38(17-19-39)27-9-6-5-8-22(27)2)25(20-24)35-30(41)26-21-43-31(36-26)23-10-11-23/h5-6,8-9,12-13,20-21,23H,4,7,10-11,14-19H2,1-3H3,(H,33,42)(H,34,40)(H,35,41). The lowest BCUT2D eigenvalue weighted by Crippen LogP contribution is -2.47. The SMILES string of the molecule is CCNC(=O)N(C)CCCNC(=O)c1ccc(N2CCN(c3ccccc3C)CC2)c(NC(=O)c2coc(C3CC3)n2)c1. The number of hydrogen-bond donors (Lipinski definition) is 3. The van der Waals surface area contributed by atoms with Crippen LogP contribution in [-0.4, -0.2) is 80.6 Å². The van der Waals surface area contributed by atoms with Crippen LogP contribution in [0.2, 0.25) is 0 Å². The van der Waals surface area contributed by atoms with Crippen molar-refractivity contribution in [2.24, 2.45) is 0 Å². The molecule has 0 atom stereocenters. The van der Waals surface area contributed by atoms with Gasteiger partial charge in [0.25, 0.3) is 11.8 Å². The fraction of sp³-hybridized carbons (Fsp3) is 0.438. The molecule has 0 unspecified atom stereocenters. The number of oxazole rings is 1. The number of amides is 4. The second kappa shape index (κ2) is 13.6. The molecule has 0 bridgehead atoms. The van der Waals surface area contributed by atoms with E-state index in [1.807, 2.05) is 13.0 Å². The van der Waals surface area contributed by atoms with Crippen molar-refractivity contribution < 1.29 is 18.8 Å². The number of piperazine rings is 1. The number of aryl methyl sites for hydroxylation is 1. The van der Waals surface area contributed by atoms with Crippen molar-refractivity contribution >= 4 is 34.9 Å². The molecule has 1 aliphatic heterocycles. The van der Waals surface area contributed by atoms with E-state index in [1.54, 1.807) is 24.1 Å². The van der Waals surface area contributed by atoms with Gasteiger partial charge in [-0.15, -0.1) is 0 Å². The van der Waals surface area contributed by atoms with Crippen LogP contribution in [0.25, 0.3) is 0 Å². The van der Waals surface area contributed by atoms with Gasteiger partial charge in [-0.2, -0.15) is 0 Å². The number of hydrogen-bond acceptors (Lipinski definition) is 7. The molecule has 1 aromatic heterocycles. The molecule has 11 heteroatoms. The van der Waals surface area contributed by atoms with Gasteiger partial charge in [0.05, 0.1) is 11.4 Å². The summed E-state index contributed by atoms with van der Waals surface area (Å²) < 4.78 is 5.54. The van der Waals surface area contributed by atoms with Gasteiger partial charge in [0, 0.05) is 70.0 Å². The van der Waals surface area contributed by atoms with Gasteiger partial charge in [0.1, 0.15) is 6.26 Å². The molecule has 228 valence electrons. The average Bonchev–Trinajstić information content (AvgIpc) is 3.75. The topological polar surface area (TPSA) is 123 Å². The van der Waals surface area contributed by atoms with Crippen molar-refractivity contribution in [3.05, 3.63) is 71.4 Å². The van der Waals surface area contributed by atoms with Crippen LogP contribution >= 0.6 is 0 Å². The molecule has 0 spiro atoms. The number of urea groups is 1. The number of rotatable bonds is 11. The molecule has 2 aliphatic rings. The molecule has 5 rings (SSSR count). The summed E-state index contributed by atoms with van der Waals surface area (Å²) in [7, 11) is 1.73. The van der Waals surface area contributed by atoms with Gasteiger partial charge >= 0.3 is 6.03 Å². The largest absolute Gasteiger partial charge is 0.448 e. The van der Waals surface area contributed by atoms with E-state index in [0.717, 1.165) is 44.7 Å². The van der Waals surface area contributed by atoms with E-state index in [4.69, 9.17) is 4.42 Å². The quantitative estimate of drug-likeness (QED) is 0.287. The summed E-state index contributed by atoms with van der Waals surface area (Å²) in [6, 6.07) is 13.7. The number of nitrogens with one attached hydrogen (secondary N) is 3. The summed E-state index contributed by atoms with van der Waals surface area (Å²) in [6.45, 7) is 8.68. The zero-order valence-corrected chi connectivity index (χ0v) is 25.2. The third-order valence-corrected chi connectivity index (χ3v) is 7.90. The Bertz CT molecular complexity index is 1440. The zero-order chi connectivity index (χ0) is 30.3. The van der Waals surface area contributed by atoms with E-state index < -0.39 is 0 Å². The van der Waals surface area contributed by atoms with Gasteiger partial charge < -0.3 is 35.1 Å². The first-order valence-corrected chi connectivity index (χ1v) is 15.1. The van der Waals surface area contributed by atoms with Crippen molar-refractivity contribution in [2.45, 2.75) is 39.0 Å². The van der Waals surface area contributed by atoms with Crippen molar-refractivity contribution in [3.8, 4) is 0 Å². The lowest BCUT2D eigenvalue weighted by atomic mass is 10.1. The summed E-state index contributed by atoms with van der Waals surface area (Å²) in [5.41, 5.74) is 4.54. The Morgan fingerprint density at radius 3 is 2.40 bits per heavy atom. The van der Waals surface area contributed by atoms with Gasteiger partial charge in [-0.1, -0.05) is 18.2 Å². The Kier molecular flexibility index (Phi) is 9.48. The third kappa shape index (κ3) is 7.46. The van der Waals surface area contributed by atoms with Crippen LogP contribution in [0.1, 0.15) is 64.4 Å². The molecule has 0 radical (unpaired) electrons. The fourth-order valence-corrected chi connectivity index (χ4v) is 5.26. The van der Waals surface area contributed by atoms with Gasteiger partial charge in [-0.05, 0) is 62.9 Å². The van der Waals surface area contributed by atoms with Crippen molar-refractivity contribution in [1.82, 2.24) is 20.5 Å². The second-order valence-corrected chi connectivity index (χ2v) is 11.2. The summed E-state index contributed by atoms with van der Waals surface area (Å²) >= 11 is 0. The number of nitrogens with zero attached hydrogens (tertiary/aromatic N) is 4. The van der Waals surface area contributed by atoms with E-state index in [2.05, 4.69) is 61.9 Å². The lowest BCUT2D eigenvalue weighted by molar-refractivity contribution is 0.0951. The molecule has 2 aromatic carbocycles. The van der Waals surface area contributed by atoms with Crippen molar-refractivity contribution in [2.75, 3.05) is 68.0 Å². The number of carbonyl (C=O) groups is 3. The molecule has 1 saturated carbocycles. The maximum absolute atomic E-state index is 13.2. The normalized spacial score (nSPS) is 14.8. The fourth-order valence-electron chi connectivity index (χ4n) is 5.26. The zero-order valence-electron chi connectivity index (χ0n) is 25.2. The van der Waals surface area contributed by atoms with Gasteiger partial charge in [-0.25, -0.2) is 9.78 Å². The molecule has 3 N–H and O–H groups in total. The minimum Gasteiger partial charge on any atom is -0.448 e. The molecule has 43 heavy (non-hydrogen) atoms. The van der Waals surface area contributed by atoms with E-state index in [-0.39, 0.29) is 23.5 Å². The summed E-state index contributed by atoms with van der Waals surface area (Å²) in [5, 5.41) is 8.69. The number of anilines is 3. The van der Waals surface area contributed by atoms with E-state index >= 15 is 0 Å². The molecule has 2 fully saturated rings. The molecule has 1 saturated heterocycles. The highest BCUT2D eigenvalue weighted by molar-refractivity contribution is 6.06. The predicted molar refractivity (Wildman–Crippen MR) is 167 cm³/mol. The van der Waals surface area contributed by atoms with E-state index in [9.17, 15) is 14.4 Å².